The van der Waals surface area contributed by atoms with Crippen molar-refractivity contribution in [1.29, 1.82) is 0 Å². The number of halogens is 1. The third-order valence-corrected chi connectivity index (χ3v) is 13.2. The van der Waals surface area contributed by atoms with Crippen LogP contribution < -0.4 is 10.4 Å². The van der Waals surface area contributed by atoms with E-state index in [1.807, 2.05) is 0 Å². The van der Waals surface area contributed by atoms with Gasteiger partial charge in [0.05, 0.1) is 5.60 Å². The fraction of sp³-hybridized carbons (Fsp3) is 0.375. The van der Waals surface area contributed by atoms with E-state index >= 15 is 0 Å². The van der Waals surface area contributed by atoms with Gasteiger partial charge in [0, 0.05) is 11.1 Å². The van der Waals surface area contributed by atoms with E-state index in [0.29, 0.717) is 0 Å². The second kappa shape index (κ2) is 11.6. The Labute approximate surface area is 226 Å². The third-order valence-electron chi connectivity index (χ3n) is 7.59. The second-order valence-corrected chi connectivity index (χ2v) is 16.3. The van der Waals surface area contributed by atoms with Crippen LogP contribution in [0.2, 0.25) is 5.04 Å². The molecule has 1 aliphatic rings. The van der Waals surface area contributed by atoms with Gasteiger partial charge < -0.3 is 9.53 Å². The molecule has 1 atom stereocenters. The number of hydrogen-bond acceptors (Lipinski definition) is 2. The molecule has 36 heavy (non-hydrogen) atoms. The molecule has 0 spiro atoms. The van der Waals surface area contributed by atoms with E-state index in [1.165, 1.54) is 15.9 Å². The molecule has 0 radical (unpaired) electrons. The van der Waals surface area contributed by atoms with Gasteiger partial charge in [-0.15, -0.1) is 0 Å². The maximum absolute atomic E-state index is 11.2. The van der Waals surface area contributed by atoms with Crippen LogP contribution in [-0.2, 0) is 4.43 Å². The molecule has 0 aliphatic heterocycles. The summed E-state index contributed by atoms with van der Waals surface area (Å²) in [6.07, 6.45) is 7.94. The Bertz CT molecular complexity index is 1100. The Hall–Kier alpha value is -1.98. The molecule has 1 N–H and O–H groups in total. The third kappa shape index (κ3) is 5.94. The second-order valence-electron chi connectivity index (χ2n) is 11.1. The highest BCUT2D eigenvalue weighted by Gasteiger charge is 2.50. The molecule has 3 aromatic carbocycles. The first-order valence-electron chi connectivity index (χ1n) is 13.2. The Morgan fingerprint density at radius 2 is 1.44 bits per heavy atom. The lowest BCUT2D eigenvalue weighted by Crippen LogP contribution is -2.66. The van der Waals surface area contributed by atoms with Gasteiger partial charge in [-0.3, -0.25) is 0 Å². The van der Waals surface area contributed by atoms with Crippen LogP contribution in [0.5, 0.6) is 0 Å². The molecular formula is C32H39BrO2Si. The highest BCUT2D eigenvalue weighted by molar-refractivity contribution is 9.10. The summed E-state index contributed by atoms with van der Waals surface area (Å²) in [6, 6.07) is 30.0. The van der Waals surface area contributed by atoms with E-state index in [2.05, 4.69) is 128 Å². The van der Waals surface area contributed by atoms with Gasteiger partial charge in [-0.25, -0.2) is 0 Å². The summed E-state index contributed by atoms with van der Waals surface area (Å²) in [4.78, 5) is 0. The van der Waals surface area contributed by atoms with Crippen molar-refractivity contribution in [3.05, 3.63) is 101 Å². The molecule has 1 unspecified atom stereocenters. The quantitative estimate of drug-likeness (QED) is 0.205. The van der Waals surface area contributed by atoms with Gasteiger partial charge in [0.25, 0.3) is 8.32 Å². The monoisotopic (exact) mass is 562 g/mol. The fourth-order valence-electron chi connectivity index (χ4n) is 5.49. The van der Waals surface area contributed by atoms with Crippen molar-refractivity contribution in [3.8, 4) is 0 Å². The van der Waals surface area contributed by atoms with Gasteiger partial charge in [0.2, 0.25) is 0 Å². The summed E-state index contributed by atoms with van der Waals surface area (Å²) in [6.45, 7) is 7.72. The first-order valence-corrected chi connectivity index (χ1v) is 15.9. The Balaban J connectivity index is 1.37. The molecule has 0 bridgehead atoms. The predicted molar refractivity (Wildman–Crippen MR) is 158 cm³/mol. The highest BCUT2D eigenvalue weighted by Crippen LogP contribution is 2.43. The van der Waals surface area contributed by atoms with Crippen LogP contribution in [0.25, 0.3) is 6.08 Å². The van der Waals surface area contributed by atoms with Crippen LogP contribution in [0.4, 0.5) is 0 Å². The molecule has 0 aromatic heterocycles. The molecule has 190 valence electrons. The van der Waals surface area contributed by atoms with Crippen molar-refractivity contribution >= 4 is 40.7 Å². The summed E-state index contributed by atoms with van der Waals surface area (Å²) in [5, 5.41) is 13.8. The van der Waals surface area contributed by atoms with Crippen LogP contribution in [0.15, 0.2) is 95.0 Å². The van der Waals surface area contributed by atoms with E-state index in [9.17, 15) is 5.11 Å². The molecule has 1 fully saturated rings. The van der Waals surface area contributed by atoms with E-state index in [4.69, 9.17) is 4.43 Å². The van der Waals surface area contributed by atoms with Gasteiger partial charge in [-0.05, 0) is 64.4 Å². The first kappa shape index (κ1) is 27.1. The molecule has 0 heterocycles. The van der Waals surface area contributed by atoms with Crippen molar-refractivity contribution < 1.29 is 9.53 Å². The largest absolute Gasteiger partial charge is 0.407 e. The minimum Gasteiger partial charge on any atom is -0.407 e. The maximum Gasteiger partial charge on any atom is 0.261 e. The van der Waals surface area contributed by atoms with Gasteiger partial charge in [0.15, 0.2) is 0 Å². The Kier molecular flexibility index (Phi) is 8.72. The first-order chi connectivity index (χ1) is 17.2. The topological polar surface area (TPSA) is 29.5 Å². The van der Waals surface area contributed by atoms with Crippen LogP contribution in [-0.4, -0.2) is 25.6 Å². The van der Waals surface area contributed by atoms with E-state index in [0.717, 1.165) is 55.2 Å². The summed E-state index contributed by atoms with van der Waals surface area (Å²) >= 11 is 3.49. The highest BCUT2D eigenvalue weighted by atomic mass is 79.9. The van der Waals surface area contributed by atoms with E-state index in [-0.39, 0.29) is 5.04 Å². The van der Waals surface area contributed by atoms with Crippen LogP contribution >= 0.6 is 15.9 Å². The minimum atomic E-state index is -2.46. The average molecular weight is 564 g/mol. The van der Waals surface area contributed by atoms with E-state index < -0.39 is 13.9 Å². The van der Waals surface area contributed by atoms with Crippen molar-refractivity contribution in [1.82, 2.24) is 0 Å². The minimum absolute atomic E-state index is 0.00349. The molecule has 3 aromatic rings. The zero-order valence-electron chi connectivity index (χ0n) is 21.8. The fourth-order valence-corrected chi connectivity index (χ4v) is 10.4. The standard InChI is InChI=1S/C32H39BrO2Si/c1-31(2,3)36(29-13-7-4-8-14-29,30-15-9-5-10-16-30)35-24-12-6-11-22-32(34)23-21-27(32)25-26-17-19-28(33)20-18-26/h4-5,7-10,13-20,25,34H,6,11-12,21-24H2,1-3H3/b27-25+. The smallest absolute Gasteiger partial charge is 0.261 e. The van der Waals surface area contributed by atoms with Crippen molar-refractivity contribution in [2.45, 2.75) is 69.9 Å². The lowest BCUT2D eigenvalue weighted by molar-refractivity contribution is 0.0173. The summed E-state index contributed by atoms with van der Waals surface area (Å²) in [5.74, 6) is 0. The molecule has 4 rings (SSSR count). The van der Waals surface area contributed by atoms with Crippen LogP contribution in [0.3, 0.4) is 0 Å². The Morgan fingerprint density at radius 3 is 1.94 bits per heavy atom. The van der Waals surface area contributed by atoms with E-state index in [1.54, 1.807) is 0 Å². The number of hydrogen-bond donors (Lipinski definition) is 1. The lowest BCUT2D eigenvalue weighted by atomic mass is 9.71. The molecular weight excluding hydrogens is 524 g/mol. The van der Waals surface area contributed by atoms with Gasteiger partial charge in [-0.2, -0.15) is 0 Å². The summed E-state index contributed by atoms with van der Waals surface area (Å²) in [7, 11) is -2.46. The zero-order chi connectivity index (χ0) is 25.7. The van der Waals surface area contributed by atoms with Crippen molar-refractivity contribution in [3.63, 3.8) is 0 Å². The molecule has 2 nitrogen and oxygen atoms in total. The number of aliphatic hydroxyl groups is 1. The Morgan fingerprint density at radius 1 is 0.861 bits per heavy atom. The van der Waals surface area contributed by atoms with Gasteiger partial charge in [-0.1, -0.05) is 128 Å². The summed E-state index contributed by atoms with van der Waals surface area (Å²) in [5.41, 5.74) is 1.70. The maximum atomic E-state index is 11.2. The molecule has 1 saturated carbocycles. The van der Waals surface area contributed by atoms with Gasteiger partial charge in [0.1, 0.15) is 0 Å². The number of benzene rings is 3. The number of unbranched alkanes of at least 4 members (excludes halogenated alkanes) is 2. The zero-order valence-corrected chi connectivity index (χ0v) is 24.4. The SMILES string of the molecule is CC(C)(C)[Si](OCCCCCC1(O)CC/C1=C\c1ccc(Br)cc1)(c1ccccc1)c1ccccc1. The van der Waals surface area contributed by atoms with Crippen molar-refractivity contribution in [2.24, 2.45) is 0 Å². The molecule has 1 aliphatic carbocycles. The average Bonchev–Trinajstić information content (AvgIpc) is 2.87. The molecule has 0 saturated heterocycles. The predicted octanol–water partition coefficient (Wildman–Crippen LogP) is 7.49. The van der Waals surface area contributed by atoms with Crippen LogP contribution in [0.1, 0.15) is 64.9 Å². The van der Waals surface area contributed by atoms with Gasteiger partial charge >= 0.3 is 0 Å². The molecule has 4 heteroatoms. The normalized spacial score (nSPS) is 19.3. The number of rotatable bonds is 10. The molecule has 0 amide bonds. The van der Waals surface area contributed by atoms with Crippen LogP contribution in [0, 0.1) is 0 Å². The summed E-state index contributed by atoms with van der Waals surface area (Å²) < 4.78 is 8.09. The van der Waals surface area contributed by atoms with Crippen molar-refractivity contribution in [2.75, 3.05) is 6.61 Å². The lowest BCUT2D eigenvalue weighted by Gasteiger charge is -2.43.